The minimum atomic E-state index is -0.0422. The van der Waals surface area contributed by atoms with Crippen molar-refractivity contribution in [2.24, 2.45) is 0 Å². The number of amides is 1. The van der Waals surface area contributed by atoms with E-state index in [1.165, 1.54) is 29.5 Å². The molecule has 0 saturated carbocycles. The van der Waals surface area contributed by atoms with Crippen molar-refractivity contribution in [1.82, 2.24) is 15.2 Å². The molecular weight excluding hydrogens is 362 g/mol. The number of benzene rings is 2. The predicted octanol–water partition coefficient (Wildman–Crippen LogP) is 4.09. The maximum Gasteiger partial charge on any atom is 0.251 e. The van der Waals surface area contributed by atoms with Crippen LogP contribution >= 0.6 is 0 Å². The summed E-state index contributed by atoms with van der Waals surface area (Å²) < 4.78 is 5.52. The number of hydrogen-bond acceptors (Lipinski definition) is 3. The number of nitrogens with zero attached hydrogens (tertiary/aromatic N) is 1. The molecule has 2 aromatic carbocycles. The van der Waals surface area contributed by atoms with Crippen LogP contribution in [0, 0.1) is 0 Å². The molecule has 0 fully saturated rings. The maximum absolute atomic E-state index is 12.9. The van der Waals surface area contributed by atoms with Crippen molar-refractivity contribution in [2.45, 2.75) is 31.7 Å². The molecule has 2 N–H and O–H groups in total. The minimum absolute atomic E-state index is 0.0267. The van der Waals surface area contributed by atoms with Crippen LogP contribution in [0.15, 0.2) is 42.5 Å². The van der Waals surface area contributed by atoms with E-state index in [4.69, 9.17) is 4.74 Å². The Balaban J connectivity index is 1.54. The second-order valence-electron chi connectivity index (χ2n) is 7.98. The molecule has 0 spiro atoms. The zero-order valence-corrected chi connectivity index (χ0v) is 17.4. The average molecular weight is 392 g/mol. The van der Waals surface area contributed by atoms with E-state index in [0.29, 0.717) is 12.1 Å². The summed E-state index contributed by atoms with van der Waals surface area (Å²) in [5, 5.41) is 4.32. The number of rotatable bonds is 6. The third-order valence-corrected chi connectivity index (χ3v) is 5.94. The van der Waals surface area contributed by atoms with Crippen LogP contribution in [-0.2, 0) is 12.8 Å². The molecule has 0 bridgehead atoms. The fraction of sp³-hybridized carbons (Fsp3) is 0.375. The molecular formula is C24H29N3O2. The highest BCUT2D eigenvalue weighted by Gasteiger charge is 2.20. The number of carbonyl (C=O) groups excluding carboxylic acids is 1. The summed E-state index contributed by atoms with van der Waals surface area (Å²) in [5.74, 6) is 0.792. The third-order valence-electron chi connectivity index (χ3n) is 5.94. The number of H-pyrrole nitrogens is 1. The van der Waals surface area contributed by atoms with Gasteiger partial charge in [0, 0.05) is 34.3 Å². The van der Waals surface area contributed by atoms with E-state index in [-0.39, 0.29) is 11.9 Å². The number of aromatic nitrogens is 1. The molecule has 1 aliphatic rings. The van der Waals surface area contributed by atoms with Crippen LogP contribution in [0.25, 0.3) is 10.9 Å². The lowest BCUT2D eigenvalue weighted by Gasteiger charge is -2.26. The van der Waals surface area contributed by atoms with Crippen molar-refractivity contribution in [2.75, 3.05) is 27.7 Å². The van der Waals surface area contributed by atoms with Gasteiger partial charge in [0.25, 0.3) is 5.91 Å². The van der Waals surface area contributed by atoms with Gasteiger partial charge < -0.3 is 19.9 Å². The highest BCUT2D eigenvalue weighted by Crippen LogP contribution is 2.30. The fourth-order valence-electron chi connectivity index (χ4n) is 4.35. The van der Waals surface area contributed by atoms with Crippen LogP contribution in [-0.4, -0.2) is 43.5 Å². The molecule has 0 saturated heterocycles. The first-order chi connectivity index (χ1) is 14.1. The van der Waals surface area contributed by atoms with E-state index < -0.39 is 0 Å². The number of aryl methyl sites for hydroxylation is 2. The molecule has 5 nitrogen and oxygen atoms in total. The van der Waals surface area contributed by atoms with E-state index in [9.17, 15) is 4.79 Å². The van der Waals surface area contributed by atoms with Crippen molar-refractivity contribution in [3.63, 3.8) is 0 Å². The predicted molar refractivity (Wildman–Crippen MR) is 117 cm³/mol. The van der Waals surface area contributed by atoms with E-state index >= 15 is 0 Å². The number of hydrogen-bond donors (Lipinski definition) is 2. The minimum Gasteiger partial charge on any atom is -0.496 e. The topological polar surface area (TPSA) is 57.4 Å². The lowest BCUT2D eigenvalue weighted by molar-refractivity contribution is 0.0941. The molecule has 1 heterocycles. The number of aromatic amines is 1. The van der Waals surface area contributed by atoms with Crippen LogP contribution < -0.4 is 10.1 Å². The monoisotopic (exact) mass is 391 g/mol. The summed E-state index contributed by atoms with van der Waals surface area (Å²) in [6.07, 6.45) is 4.66. The van der Waals surface area contributed by atoms with Crippen LogP contribution in [0.3, 0.4) is 0 Å². The number of nitrogens with one attached hydrogen (secondary N) is 2. The standard InChI is InChI=1S/C24H29N3O2/c1-27(2)22(18-9-5-7-11-23(18)29-3)15-25-24(28)16-12-13-21-19(14-16)17-8-4-6-10-20(17)26-21/h5,7,9,11-14,22,26H,4,6,8,10,15H2,1-3H3,(H,25,28)/t22-/m0/s1. The van der Waals surface area contributed by atoms with Gasteiger partial charge in [-0.15, -0.1) is 0 Å². The Morgan fingerprint density at radius 3 is 2.76 bits per heavy atom. The van der Waals surface area contributed by atoms with Crippen molar-refractivity contribution in [3.8, 4) is 5.75 Å². The van der Waals surface area contributed by atoms with Gasteiger partial charge in [-0.2, -0.15) is 0 Å². The summed E-state index contributed by atoms with van der Waals surface area (Å²) >= 11 is 0. The lowest BCUT2D eigenvalue weighted by atomic mass is 9.95. The number of carbonyl (C=O) groups is 1. The summed E-state index contributed by atoms with van der Waals surface area (Å²) in [7, 11) is 5.71. The number of likely N-dealkylation sites (N-methyl/N-ethyl adjacent to an activating group) is 1. The van der Waals surface area contributed by atoms with Gasteiger partial charge in [-0.05, 0) is 69.6 Å². The number of para-hydroxylation sites is 1. The van der Waals surface area contributed by atoms with Gasteiger partial charge in [-0.25, -0.2) is 0 Å². The molecule has 3 aromatic rings. The van der Waals surface area contributed by atoms with Gasteiger partial charge in [0.2, 0.25) is 0 Å². The van der Waals surface area contributed by atoms with Crippen molar-refractivity contribution in [1.29, 1.82) is 0 Å². The highest BCUT2D eigenvalue weighted by atomic mass is 16.5. The first-order valence-electron chi connectivity index (χ1n) is 10.3. The first-order valence-corrected chi connectivity index (χ1v) is 10.3. The van der Waals surface area contributed by atoms with Gasteiger partial charge in [-0.3, -0.25) is 4.79 Å². The molecule has 0 aliphatic heterocycles. The van der Waals surface area contributed by atoms with Gasteiger partial charge >= 0.3 is 0 Å². The summed E-state index contributed by atoms with van der Waals surface area (Å²) in [5.41, 5.74) is 5.64. The van der Waals surface area contributed by atoms with E-state index in [1.807, 2.05) is 56.6 Å². The highest BCUT2D eigenvalue weighted by molar-refractivity contribution is 5.99. The Hall–Kier alpha value is -2.79. The molecule has 29 heavy (non-hydrogen) atoms. The van der Waals surface area contributed by atoms with Gasteiger partial charge in [0.1, 0.15) is 5.75 Å². The zero-order valence-electron chi connectivity index (χ0n) is 17.4. The second kappa shape index (κ2) is 8.29. The van der Waals surface area contributed by atoms with Crippen molar-refractivity contribution < 1.29 is 9.53 Å². The second-order valence-corrected chi connectivity index (χ2v) is 7.98. The Kier molecular flexibility index (Phi) is 5.58. The Morgan fingerprint density at radius 1 is 1.17 bits per heavy atom. The first kappa shape index (κ1) is 19.5. The normalized spacial score (nSPS) is 14.6. The Bertz CT molecular complexity index is 1020. The zero-order chi connectivity index (χ0) is 20.4. The van der Waals surface area contributed by atoms with E-state index in [2.05, 4.69) is 15.2 Å². The lowest BCUT2D eigenvalue weighted by Crippen LogP contribution is -2.34. The molecule has 1 atom stereocenters. The molecule has 1 aliphatic carbocycles. The Labute approximate surface area is 172 Å². The maximum atomic E-state index is 12.9. The van der Waals surface area contributed by atoms with Crippen molar-refractivity contribution >= 4 is 16.8 Å². The number of fused-ring (bicyclic) bond motifs is 3. The van der Waals surface area contributed by atoms with Crippen LogP contribution in [0.5, 0.6) is 5.75 Å². The molecule has 0 radical (unpaired) electrons. The fourth-order valence-corrected chi connectivity index (χ4v) is 4.35. The smallest absolute Gasteiger partial charge is 0.251 e. The van der Waals surface area contributed by atoms with Gasteiger partial charge in [-0.1, -0.05) is 18.2 Å². The third kappa shape index (κ3) is 3.87. The van der Waals surface area contributed by atoms with E-state index in [1.54, 1.807) is 7.11 Å². The van der Waals surface area contributed by atoms with Crippen LogP contribution in [0.2, 0.25) is 0 Å². The Morgan fingerprint density at radius 2 is 1.97 bits per heavy atom. The molecule has 152 valence electrons. The molecule has 4 rings (SSSR count). The summed E-state index contributed by atoms with van der Waals surface area (Å²) in [6, 6.07) is 14.0. The van der Waals surface area contributed by atoms with Crippen molar-refractivity contribution in [3.05, 3.63) is 64.8 Å². The molecule has 1 amide bonds. The quantitative estimate of drug-likeness (QED) is 0.665. The van der Waals surface area contributed by atoms with E-state index in [0.717, 1.165) is 29.7 Å². The van der Waals surface area contributed by atoms with Gasteiger partial charge in [0.15, 0.2) is 0 Å². The van der Waals surface area contributed by atoms with Crippen LogP contribution in [0.4, 0.5) is 0 Å². The number of ether oxygens (including phenoxy) is 1. The summed E-state index contributed by atoms with van der Waals surface area (Å²) in [4.78, 5) is 18.6. The molecule has 5 heteroatoms. The molecule has 1 aromatic heterocycles. The largest absolute Gasteiger partial charge is 0.496 e. The molecule has 0 unspecified atom stereocenters. The average Bonchev–Trinajstić information content (AvgIpc) is 3.11. The summed E-state index contributed by atoms with van der Waals surface area (Å²) in [6.45, 7) is 0.509. The van der Waals surface area contributed by atoms with Gasteiger partial charge in [0.05, 0.1) is 13.2 Å². The van der Waals surface area contributed by atoms with Crippen LogP contribution in [0.1, 0.15) is 46.1 Å². The SMILES string of the molecule is COc1ccccc1[C@H](CNC(=O)c1ccc2[nH]c3c(c2c1)CCCC3)N(C)C. The number of methoxy groups -OCH3 is 1.